The number of esters is 1. The molecule has 0 aliphatic carbocycles. The minimum Gasteiger partial charge on any atom is -0.447 e. The monoisotopic (exact) mass is 507 g/mol. The number of aliphatic imine (C=N–C) groups is 1. The third kappa shape index (κ3) is 5.74. The lowest BCUT2D eigenvalue weighted by atomic mass is 10.1. The molecule has 1 amide bonds. The Labute approximate surface area is 210 Å². The number of ether oxygens (including phenoxy) is 1. The van der Waals surface area contributed by atoms with Gasteiger partial charge in [0.05, 0.1) is 18.2 Å². The summed E-state index contributed by atoms with van der Waals surface area (Å²) in [6, 6.07) is 7.57. The van der Waals surface area contributed by atoms with Crippen LogP contribution in [0.5, 0.6) is 0 Å². The van der Waals surface area contributed by atoms with Gasteiger partial charge in [0.1, 0.15) is 29.0 Å². The zero-order valence-electron chi connectivity index (χ0n) is 20.4. The molecule has 2 heterocycles. The zero-order valence-corrected chi connectivity index (χ0v) is 20.4. The second-order valence-corrected chi connectivity index (χ2v) is 8.38. The molecule has 0 aliphatic heterocycles. The van der Waals surface area contributed by atoms with Gasteiger partial charge in [0, 0.05) is 38.3 Å². The largest absolute Gasteiger partial charge is 0.447 e. The third-order valence-electron chi connectivity index (χ3n) is 5.15. The molecule has 37 heavy (non-hydrogen) atoms. The van der Waals surface area contributed by atoms with Crippen molar-refractivity contribution in [2.45, 2.75) is 20.0 Å². The maximum Gasteiger partial charge on any atom is 0.303 e. The molecule has 2 aromatic carbocycles. The first-order chi connectivity index (χ1) is 17.6. The van der Waals surface area contributed by atoms with Crippen molar-refractivity contribution in [1.29, 1.82) is 0 Å². The van der Waals surface area contributed by atoms with Gasteiger partial charge in [-0.3, -0.25) is 9.59 Å². The molecule has 0 radical (unpaired) electrons. The van der Waals surface area contributed by atoms with Crippen LogP contribution in [-0.4, -0.2) is 57.0 Å². The molecule has 4 aromatic rings. The number of halogens is 2. The van der Waals surface area contributed by atoms with Crippen molar-refractivity contribution in [2.24, 2.45) is 4.99 Å². The number of carbonyl (C=O) groups excluding carboxylic acids is 2. The lowest BCUT2D eigenvalue weighted by Crippen LogP contribution is -2.25. The molecule has 0 saturated heterocycles. The molecule has 4 rings (SSSR count). The first-order valence-corrected chi connectivity index (χ1v) is 11.1. The number of nitrogens with zero attached hydrogens (tertiary/aromatic N) is 6. The van der Waals surface area contributed by atoms with Crippen molar-refractivity contribution in [1.82, 2.24) is 24.6 Å². The van der Waals surface area contributed by atoms with Gasteiger partial charge in [-0.15, -0.1) is 0 Å². The predicted molar refractivity (Wildman–Crippen MR) is 133 cm³/mol. The summed E-state index contributed by atoms with van der Waals surface area (Å²) in [5.74, 6) is -2.92. The van der Waals surface area contributed by atoms with E-state index in [2.05, 4.69) is 25.4 Å². The number of anilines is 1. The van der Waals surface area contributed by atoms with Crippen LogP contribution in [0.1, 0.15) is 24.2 Å². The molecule has 0 saturated carbocycles. The molecule has 0 bridgehead atoms. The van der Waals surface area contributed by atoms with Gasteiger partial charge in [0.15, 0.2) is 5.82 Å². The molecule has 190 valence electrons. The summed E-state index contributed by atoms with van der Waals surface area (Å²) in [7, 11) is 3.68. The minimum atomic E-state index is -1.55. The number of benzene rings is 2. The summed E-state index contributed by atoms with van der Waals surface area (Å²) in [5, 5.41) is 7.07. The molecule has 10 nitrogen and oxygen atoms in total. The smallest absolute Gasteiger partial charge is 0.303 e. The highest BCUT2D eigenvalue weighted by Crippen LogP contribution is 2.28. The Morgan fingerprint density at radius 2 is 1.86 bits per heavy atom. The van der Waals surface area contributed by atoms with Crippen molar-refractivity contribution < 1.29 is 23.1 Å². The molecule has 1 atom stereocenters. The van der Waals surface area contributed by atoms with Gasteiger partial charge in [0.25, 0.3) is 5.91 Å². The lowest BCUT2D eigenvalue weighted by Gasteiger charge is -2.18. The second-order valence-electron chi connectivity index (χ2n) is 8.38. The highest BCUT2D eigenvalue weighted by molar-refractivity contribution is 5.96. The number of hydrogen-bond acceptors (Lipinski definition) is 7. The van der Waals surface area contributed by atoms with Gasteiger partial charge in [-0.05, 0) is 42.8 Å². The van der Waals surface area contributed by atoms with E-state index in [0.29, 0.717) is 34.3 Å². The molecule has 0 unspecified atom stereocenters. The fraction of sp³-hybridized carbons (Fsp3) is 0.200. The second kappa shape index (κ2) is 10.5. The molecule has 12 heteroatoms. The van der Waals surface area contributed by atoms with E-state index in [1.54, 1.807) is 40.3 Å². The van der Waals surface area contributed by atoms with Crippen LogP contribution in [0.4, 0.5) is 20.3 Å². The Bertz CT molecular complexity index is 1500. The highest BCUT2D eigenvalue weighted by Gasteiger charge is 2.25. The van der Waals surface area contributed by atoms with Crippen LogP contribution in [0.2, 0.25) is 0 Å². The van der Waals surface area contributed by atoms with Crippen molar-refractivity contribution in [3.63, 3.8) is 0 Å². The maximum atomic E-state index is 13.7. The van der Waals surface area contributed by atoms with Gasteiger partial charge in [-0.1, -0.05) is 0 Å². The van der Waals surface area contributed by atoms with Crippen molar-refractivity contribution in [3.8, 4) is 5.69 Å². The minimum absolute atomic E-state index is 0.132. The van der Waals surface area contributed by atoms with Crippen molar-refractivity contribution in [3.05, 3.63) is 71.7 Å². The number of carbonyl (C=O) groups is 2. The summed E-state index contributed by atoms with van der Waals surface area (Å²) in [6.07, 6.45) is 3.08. The Morgan fingerprint density at radius 3 is 2.51 bits per heavy atom. The number of aromatic nitrogens is 4. The van der Waals surface area contributed by atoms with Crippen LogP contribution in [0.15, 0.2) is 53.9 Å². The lowest BCUT2D eigenvalue weighted by molar-refractivity contribution is -0.152. The van der Waals surface area contributed by atoms with Crippen LogP contribution in [0.3, 0.4) is 0 Å². The number of hydrogen-bond donors (Lipinski definition) is 1. The molecular formula is C25H23F2N7O3. The Morgan fingerprint density at radius 1 is 1.14 bits per heavy atom. The van der Waals surface area contributed by atoms with Crippen molar-refractivity contribution >= 4 is 40.8 Å². The van der Waals surface area contributed by atoms with E-state index in [1.165, 1.54) is 6.33 Å². The number of fused-ring (bicyclic) bond motifs is 1. The number of rotatable bonds is 7. The number of amides is 1. The molecule has 2 aromatic heterocycles. The van der Waals surface area contributed by atoms with Crippen LogP contribution >= 0.6 is 0 Å². The van der Waals surface area contributed by atoms with Gasteiger partial charge in [-0.2, -0.15) is 5.10 Å². The van der Waals surface area contributed by atoms with E-state index in [0.717, 1.165) is 24.6 Å². The topological polar surface area (TPSA) is 115 Å². The van der Waals surface area contributed by atoms with Crippen LogP contribution in [0, 0.1) is 18.6 Å². The van der Waals surface area contributed by atoms with E-state index < -0.39 is 29.6 Å². The summed E-state index contributed by atoms with van der Waals surface area (Å²) in [6.45, 7) is 2.92. The molecule has 0 spiro atoms. The molecular weight excluding hydrogens is 484 g/mol. The van der Waals surface area contributed by atoms with E-state index in [1.807, 2.05) is 21.0 Å². The predicted octanol–water partition coefficient (Wildman–Crippen LogP) is 3.87. The fourth-order valence-electron chi connectivity index (χ4n) is 3.64. The summed E-state index contributed by atoms with van der Waals surface area (Å²) in [4.78, 5) is 39.2. The Hall–Kier alpha value is -4.74. The fourth-order valence-corrected chi connectivity index (χ4v) is 3.64. The van der Waals surface area contributed by atoms with Crippen molar-refractivity contribution in [2.75, 3.05) is 19.4 Å². The zero-order chi connectivity index (χ0) is 26.7. The highest BCUT2D eigenvalue weighted by atomic mass is 19.1. The summed E-state index contributed by atoms with van der Waals surface area (Å²) >= 11 is 0. The number of nitrogens with one attached hydrogen (secondary N) is 1. The Balaban J connectivity index is 1.65. The molecule has 0 fully saturated rings. The van der Waals surface area contributed by atoms with Crippen LogP contribution in [-0.2, 0) is 14.3 Å². The SMILES string of the molecule is CC(=O)O[C@@H](C(=O)Nc1ccc(-n2ncc3ncnc(/N=C/N(C)C)c32)c(C)c1)c1cc(F)cc(F)c1. The molecule has 1 N–H and O–H groups in total. The number of aryl methyl sites for hydroxylation is 1. The van der Waals surface area contributed by atoms with Gasteiger partial charge in [0.2, 0.25) is 6.10 Å². The summed E-state index contributed by atoms with van der Waals surface area (Å²) in [5.41, 5.74) is 2.86. The molecule has 0 aliphatic rings. The first-order valence-electron chi connectivity index (χ1n) is 11.1. The summed E-state index contributed by atoms with van der Waals surface area (Å²) < 4.78 is 34.2. The average Bonchev–Trinajstić information content (AvgIpc) is 3.25. The van der Waals surface area contributed by atoms with Crippen LogP contribution < -0.4 is 5.32 Å². The third-order valence-corrected chi connectivity index (χ3v) is 5.15. The van der Waals surface area contributed by atoms with E-state index in [9.17, 15) is 18.4 Å². The van der Waals surface area contributed by atoms with Gasteiger partial charge >= 0.3 is 5.97 Å². The van der Waals surface area contributed by atoms with E-state index >= 15 is 0 Å². The standard InChI is InChI=1S/C25H23F2N7O3/c1-14-7-19(32-25(36)23(37-15(2)35)16-8-17(26)10-18(27)9-16)5-6-21(14)34-22-20(11-31-34)28-12-29-24(22)30-13-33(3)4/h5-13,23H,1-4H3,(H,32,36)/b30-13+/t23-/m1/s1. The first kappa shape index (κ1) is 25.4. The van der Waals surface area contributed by atoms with Gasteiger partial charge < -0.3 is 15.0 Å². The normalized spacial score (nSPS) is 12.1. The maximum absolute atomic E-state index is 13.7. The van der Waals surface area contributed by atoms with E-state index in [4.69, 9.17) is 4.74 Å². The van der Waals surface area contributed by atoms with E-state index in [-0.39, 0.29) is 5.56 Å². The quantitative estimate of drug-likeness (QED) is 0.229. The van der Waals surface area contributed by atoms with Crippen LogP contribution in [0.25, 0.3) is 16.7 Å². The van der Waals surface area contributed by atoms with Gasteiger partial charge in [-0.25, -0.2) is 28.4 Å². The Kier molecular flexibility index (Phi) is 7.18. The average molecular weight is 508 g/mol.